The van der Waals surface area contributed by atoms with Crippen LogP contribution in [0.3, 0.4) is 0 Å². The second-order valence-corrected chi connectivity index (χ2v) is 4.99. The second kappa shape index (κ2) is 10.8. The third-order valence-corrected chi connectivity index (χ3v) is 2.99. The molecule has 0 aliphatic carbocycles. The topological polar surface area (TPSA) is 23.8 Å². The molecule has 100 valence electrons. The molecule has 0 heterocycles. The van der Waals surface area contributed by atoms with Crippen LogP contribution in [-0.2, 0) is 0 Å². The first-order valence-corrected chi connectivity index (χ1v) is 6.94. The standard InChI is InChI=1S/C17H27N/c1-5-17(13-8-14-18)12-7-11-16(4)10-6-9-15(2)3/h9,11,13H,5-8,10,12H2,1-4H3. The largest absolute Gasteiger partial charge is 0.198 e. The summed E-state index contributed by atoms with van der Waals surface area (Å²) in [5.74, 6) is 0. The van der Waals surface area contributed by atoms with Crippen molar-refractivity contribution in [1.29, 1.82) is 5.26 Å². The predicted molar refractivity (Wildman–Crippen MR) is 80.3 cm³/mol. The molecule has 0 aliphatic rings. The lowest BCUT2D eigenvalue weighted by Gasteiger charge is -2.03. The van der Waals surface area contributed by atoms with Gasteiger partial charge in [0.25, 0.3) is 0 Å². The maximum atomic E-state index is 8.55. The van der Waals surface area contributed by atoms with Crippen molar-refractivity contribution in [1.82, 2.24) is 0 Å². The highest BCUT2D eigenvalue weighted by Gasteiger charge is 1.94. The summed E-state index contributed by atoms with van der Waals surface area (Å²) < 4.78 is 0. The maximum Gasteiger partial charge on any atom is 0.0663 e. The van der Waals surface area contributed by atoms with Crippen LogP contribution in [0.5, 0.6) is 0 Å². The van der Waals surface area contributed by atoms with E-state index in [0.29, 0.717) is 6.42 Å². The normalized spacial score (nSPS) is 12.2. The monoisotopic (exact) mass is 245 g/mol. The van der Waals surface area contributed by atoms with Crippen LogP contribution in [0, 0.1) is 11.3 Å². The average Bonchev–Trinajstić information content (AvgIpc) is 2.33. The molecule has 0 fully saturated rings. The lowest BCUT2D eigenvalue weighted by atomic mass is 10.0. The molecule has 0 aliphatic heterocycles. The minimum absolute atomic E-state index is 0.548. The van der Waals surface area contributed by atoms with Crippen LogP contribution in [-0.4, -0.2) is 0 Å². The van der Waals surface area contributed by atoms with Gasteiger partial charge in [0.15, 0.2) is 0 Å². The van der Waals surface area contributed by atoms with Gasteiger partial charge in [0.05, 0.1) is 12.5 Å². The predicted octanol–water partition coefficient (Wildman–Crippen LogP) is 5.71. The van der Waals surface area contributed by atoms with Crippen molar-refractivity contribution >= 4 is 0 Å². The highest BCUT2D eigenvalue weighted by molar-refractivity contribution is 5.08. The maximum absolute atomic E-state index is 8.55. The van der Waals surface area contributed by atoms with Crippen LogP contribution in [0.2, 0.25) is 0 Å². The van der Waals surface area contributed by atoms with Crippen molar-refractivity contribution in [3.05, 3.63) is 34.9 Å². The number of rotatable bonds is 8. The fourth-order valence-corrected chi connectivity index (χ4v) is 1.81. The van der Waals surface area contributed by atoms with Crippen LogP contribution in [0.4, 0.5) is 0 Å². The molecule has 0 radical (unpaired) electrons. The summed E-state index contributed by atoms with van der Waals surface area (Å²) in [4.78, 5) is 0. The molecule has 0 spiro atoms. The van der Waals surface area contributed by atoms with Crippen LogP contribution in [0.1, 0.15) is 66.2 Å². The Hall–Kier alpha value is -1.29. The number of hydrogen-bond donors (Lipinski definition) is 0. The molecule has 0 amide bonds. The Labute approximate surface area is 113 Å². The summed E-state index contributed by atoms with van der Waals surface area (Å²) >= 11 is 0. The quantitative estimate of drug-likeness (QED) is 0.502. The van der Waals surface area contributed by atoms with Gasteiger partial charge in [0.1, 0.15) is 0 Å². The van der Waals surface area contributed by atoms with Crippen molar-refractivity contribution < 1.29 is 0 Å². The van der Waals surface area contributed by atoms with Crippen molar-refractivity contribution in [2.24, 2.45) is 0 Å². The zero-order chi connectivity index (χ0) is 13.8. The number of allylic oxidation sites excluding steroid dienone is 6. The Bertz CT molecular complexity index is 346. The van der Waals surface area contributed by atoms with Gasteiger partial charge in [0.2, 0.25) is 0 Å². The van der Waals surface area contributed by atoms with Crippen LogP contribution in [0.15, 0.2) is 34.9 Å². The molecule has 1 heteroatoms. The second-order valence-electron chi connectivity index (χ2n) is 4.99. The first-order chi connectivity index (χ1) is 8.60. The zero-order valence-corrected chi connectivity index (χ0v) is 12.4. The van der Waals surface area contributed by atoms with E-state index >= 15 is 0 Å². The fraction of sp³-hybridized carbons (Fsp3) is 0.588. The van der Waals surface area contributed by atoms with E-state index in [-0.39, 0.29) is 0 Å². The molecule has 0 saturated carbocycles. The summed E-state index contributed by atoms with van der Waals surface area (Å²) in [6.07, 6.45) is 12.8. The van der Waals surface area contributed by atoms with E-state index in [2.05, 4.69) is 52.0 Å². The molecule has 0 bridgehead atoms. The van der Waals surface area contributed by atoms with E-state index in [4.69, 9.17) is 5.26 Å². The summed E-state index contributed by atoms with van der Waals surface area (Å²) in [6, 6.07) is 2.17. The Morgan fingerprint density at radius 2 is 1.67 bits per heavy atom. The van der Waals surface area contributed by atoms with Gasteiger partial charge in [-0.1, -0.05) is 41.9 Å². The third-order valence-electron chi connectivity index (χ3n) is 2.99. The first-order valence-electron chi connectivity index (χ1n) is 6.94. The van der Waals surface area contributed by atoms with Crippen LogP contribution >= 0.6 is 0 Å². The highest BCUT2D eigenvalue weighted by Crippen LogP contribution is 2.14. The molecule has 0 aromatic rings. The minimum Gasteiger partial charge on any atom is -0.198 e. The third kappa shape index (κ3) is 9.90. The molecule has 0 aromatic carbocycles. The fourth-order valence-electron chi connectivity index (χ4n) is 1.81. The Morgan fingerprint density at radius 1 is 1.00 bits per heavy atom. The van der Waals surface area contributed by atoms with E-state index in [1.807, 2.05) is 0 Å². The Balaban J connectivity index is 3.99. The van der Waals surface area contributed by atoms with Crippen molar-refractivity contribution in [2.75, 3.05) is 0 Å². The number of hydrogen-bond acceptors (Lipinski definition) is 1. The van der Waals surface area contributed by atoms with Gasteiger partial charge in [-0.15, -0.1) is 0 Å². The van der Waals surface area contributed by atoms with E-state index in [1.165, 1.54) is 16.7 Å². The molecule has 0 aromatic heterocycles. The van der Waals surface area contributed by atoms with Crippen LogP contribution in [0.25, 0.3) is 0 Å². The van der Waals surface area contributed by atoms with Crippen molar-refractivity contribution in [3.63, 3.8) is 0 Å². The minimum atomic E-state index is 0.548. The van der Waals surface area contributed by atoms with Crippen LogP contribution < -0.4 is 0 Å². The van der Waals surface area contributed by atoms with Gasteiger partial charge < -0.3 is 0 Å². The molecular weight excluding hydrogens is 218 g/mol. The van der Waals surface area contributed by atoms with Gasteiger partial charge in [-0.25, -0.2) is 0 Å². The van der Waals surface area contributed by atoms with E-state index < -0.39 is 0 Å². The van der Waals surface area contributed by atoms with Gasteiger partial charge in [-0.2, -0.15) is 5.26 Å². The highest BCUT2D eigenvalue weighted by atomic mass is 14.2. The summed E-state index contributed by atoms with van der Waals surface area (Å²) in [5.41, 5.74) is 4.28. The number of nitriles is 1. The summed E-state index contributed by atoms with van der Waals surface area (Å²) in [5, 5.41) is 8.55. The van der Waals surface area contributed by atoms with E-state index in [0.717, 1.165) is 32.1 Å². The number of nitrogens with zero attached hydrogens (tertiary/aromatic N) is 1. The molecule has 0 unspecified atom stereocenters. The first kappa shape index (κ1) is 16.7. The van der Waals surface area contributed by atoms with Gasteiger partial charge in [-0.05, 0) is 52.9 Å². The molecular formula is C17H27N. The van der Waals surface area contributed by atoms with Gasteiger partial charge in [-0.3, -0.25) is 0 Å². The summed E-state index contributed by atoms with van der Waals surface area (Å²) in [6.45, 7) is 8.66. The van der Waals surface area contributed by atoms with Crippen molar-refractivity contribution in [2.45, 2.75) is 66.2 Å². The molecule has 0 rings (SSSR count). The molecule has 1 nitrogen and oxygen atoms in total. The van der Waals surface area contributed by atoms with Gasteiger partial charge in [0, 0.05) is 0 Å². The Kier molecular flexibility index (Phi) is 10.1. The molecule has 0 N–H and O–H groups in total. The molecule has 18 heavy (non-hydrogen) atoms. The van der Waals surface area contributed by atoms with E-state index in [1.54, 1.807) is 0 Å². The smallest absolute Gasteiger partial charge is 0.0663 e. The molecule has 0 saturated heterocycles. The van der Waals surface area contributed by atoms with E-state index in [9.17, 15) is 0 Å². The lowest BCUT2D eigenvalue weighted by Crippen LogP contribution is -1.83. The average molecular weight is 245 g/mol. The van der Waals surface area contributed by atoms with Gasteiger partial charge >= 0.3 is 0 Å². The molecule has 0 atom stereocenters. The SMILES string of the molecule is CCC(=CCC#N)CCC=C(C)CCC=C(C)C. The lowest BCUT2D eigenvalue weighted by molar-refractivity contribution is 0.879. The summed E-state index contributed by atoms with van der Waals surface area (Å²) in [7, 11) is 0. The van der Waals surface area contributed by atoms with Crippen molar-refractivity contribution in [3.8, 4) is 6.07 Å². The Morgan fingerprint density at radius 3 is 2.22 bits per heavy atom. The zero-order valence-electron chi connectivity index (χ0n) is 12.4.